The summed E-state index contributed by atoms with van der Waals surface area (Å²) in [5, 5.41) is 0. The van der Waals surface area contributed by atoms with E-state index in [1.807, 2.05) is 0 Å². The zero-order chi connectivity index (χ0) is 14.5. The third-order valence-corrected chi connectivity index (χ3v) is 5.19. The van der Waals surface area contributed by atoms with Crippen molar-refractivity contribution in [2.45, 2.75) is 37.9 Å². The number of hydrogen-bond donors (Lipinski definition) is 0. The fourth-order valence-corrected chi connectivity index (χ4v) is 4.17. The van der Waals surface area contributed by atoms with E-state index >= 15 is 0 Å². The maximum atomic E-state index is 5.77. The minimum atomic E-state index is 0.0762. The molecule has 5 rings (SSSR count). The molecule has 110 valence electrons. The van der Waals surface area contributed by atoms with E-state index in [4.69, 9.17) is 9.78 Å². The van der Waals surface area contributed by atoms with E-state index in [1.165, 1.54) is 33.4 Å². The molecule has 2 aromatic carbocycles. The van der Waals surface area contributed by atoms with Gasteiger partial charge >= 0.3 is 0 Å². The van der Waals surface area contributed by atoms with Gasteiger partial charge in [-0.05, 0) is 59.1 Å². The molecular weight excluding hydrogens is 272 g/mol. The molecule has 0 bridgehead atoms. The van der Waals surface area contributed by atoms with Gasteiger partial charge in [0.1, 0.15) is 12.2 Å². The first-order chi connectivity index (χ1) is 10.9. The Morgan fingerprint density at radius 1 is 0.636 bits per heavy atom. The second-order valence-corrected chi connectivity index (χ2v) is 6.39. The first-order valence-corrected chi connectivity index (χ1v) is 8.14. The van der Waals surface area contributed by atoms with Crippen LogP contribution in [0.5, 0.6) is 0 Å². The van der Waals surface area contributed by atoms with Crippen molar-refractivity contribution in [1.82, 2.24) is 0 Å². The van der Waals surface area contributed by atoms with Crippen LogP contribution in [0.3, 0.4) is 0 Å². The maximum Gasteiger partial charge on any atom is 0.119 e. The summed E-state index contributed by atoms with van der Waals surface area (Å²) in [4.78, 5) is 11.5. The van der Waals surface area contributed by atoms with Crippen LogP contribution in [0.25, 0.3) is 11.1 Å². The molecule has 1 aliphatic heterocycles. The van der Waals surface area contributed by atoms with Crippen molar-refractivity contribution in [1.29, 1.82) is 0 Å². The lowest BCUT2D eigenvalue weighted by Gasteiger charge is -2.39. The van der Waals surface area contributed by atoms with Crippen molar-refractivity contribution >= 4 is 11.1 Å². The lowest BCUT2D eigenvalue weighted by Crippen LogP contribution is -2.35. The van der Waals surface area contributed by atoms with Gasteiger partial charge in [0.15, 0.2) is 0 Å². The molecule has 22 heavy (non-hydrogen) atoms. The summed E-state index contributed by atoms with van der Waals surface area (Å²) >= 11 is 0. The molecule has 0 saturated carbocycles. The summed E-state index contributed by atoms with van der Waals surface area (Å²) in [5.41, 5.74) is 8.33. The Kier molecular flexibility index (Phi) is 2.76. The van der Waals surface area contributed by atoms with Gasteiger partial charge in [0.2, 0.25) is 0 Å². The fraction of sp³-hybridized carbons (Fsp3) is 0.300. The van der Waals surface area contributed by atoms with Gasteiger partial charge in [-0.25, -0.2) is 9.78 Å². The molecule has 2 heteroatoms. The largest absolute Gasteiger partial charge is 0.228 e. The van der Waals surface area contributed by atoms with Crippen LogP contribution in [0.4, 0.5) is 0 Å². The van der Waals surface area contributed by atoms with E-state index in [-0.39, 0.29) is 12.2 Å². The number of benzene rings is 2. The Labute approximate surface area is 130 Å². The van der Waals surface area contributed by atoms with Gasteiger partial charge in [-0.1, -0.05) is 48.5 Å². The monoisotopic (exact) mass is 290 g/mol. The quantitative estimate of drug-likeness (QED) is 0.677. The van der Waals surface area contributed by atoms with Gasteiger partial charge in [-0.2, -0.15) is 0 Å². The van der Waals surface area contributed by atoms with Crippen molar-refractivity contribution < 1.29 is 9.78 Å². The van der Waals surface area contributed by atoms with Crippen molar-refractivity contribution in [3.63, 3.8) is 0 Å². The smallest absolute Gasteiger partial charge is 0.119 e. The van der Waals surface area contributed by atoms with Gasteiger partial charge in [0.05, 0.1) is 0 Å². The molecule has 2 aliphatic carbocycles. The van der Waals surface area contributed by atoms with Crippen LogP contribution in [-0.2, 0) is 22.6 Å². The van der Waals surface area contributed by atoms with Crippen LogP contribution in [0.15, 0.2) is 48.5 Å². The van der Waals surface area contributed by atoms with Crippen LogP contribution in [0.1, 0.15) is 35.1 Å². The SMILES string of the molecule is c1ccc2c(c1)CC[C@@H]1OO[C@@H]3CCc4ccccc4C3=C21. The summed E-state index contributed by atoms with van der Waals surface area (Å²) in [6, 6.07) is 17.5. The van der Waals surface area contributed by atoms with Crippen molar-refractivity contribution in [2.24, 2.45) is 0 Å². The molecule has 2 atom stereocenters. The Balaban J connectivity index is 1.82. The number of hydrogen-bond acceptors (Lipinski definition) is 2. The first kappa shape index (κ1) is 12.6. The molecule has 1 heterocycles. The van der Waals surface area contributed by atoms with Crippen molar-refractivity contribution in [3.05, 3.63) is 70.8 Å². The molecule has 2 aromatic rings. The zero-order valence-corrected chi connectivity index (χ0v) is 12.4. The second kappa shape index (κ2) is 4.80. The molecule has 0 N–H and O–H groups in total. The zero-order valence-electron chi connectivity index (χ0n) is 12.4. The second-order valence-electron chi connectivity index (χ2n) is 6.39. The average molecular weight is 290 g/mol. The van der Waals surface area contributed by atoms with Crippen LogP contribution in [0.2, 0.25) is 0 Å². The van der Waals surface area contributed by atoms with Crippen LogP contribution >= 0.6 is 0 Å². The van der Waals surface area contributed by atoms with E-state index in [0.717, 1.165) is 25.7 Å². The van der Waals surface area contributed by atoms with Gasteiger partial charge in [-0.15, -0.1) is 0 Å². The van der Waals surface area contributed by atoms with Crippen molar-refractivity contribution in [2.75, 3.05) is 0 Å². The third kappa shape index (κ3) is 1.74. The predicted molar refractivity (Wildman–Crippen MR) is 86.1 cm³/mol. The summed E-state index contributed by atoms with van der Waals surface area (Å²) in [7, 11) is 0. The lowest BCUT2D eigenvalue weighted by atomic mass is 9.75. The highest BCUT2D eigenvalue weighted by atomic mass is 17.2. The number of fused-ring (bicyclic) bond motifs is 6. The third-order valence-electron chi connectivity index (χ3n) is 5.19. The molecule has 0 unspecified atom stereocenters. The van der Waals surface area contributed by atoms with Crippen LogP contribution in [-0.4, -0.2) is 12.2 Å². The van der Waals surface area contributed by atoms with E-state index in [1.54, 1.807) is 0 Å². The molecule has 0 spiro atoms. The number of aryl methyl sites for hydroxylation is 2. The Morgan fingerprint density at radius 3 is 1.59 bits per heavy atom. The van der Waals surface area contributed by atoms with Gasteiger partial charge in [0.25, 0.3) is 0 Å². The molecule has 2 nitrogen and oxygen atoms in total. The maximum absolute atomic E-state index is 5.77. The fourth-order valence-electron chi connectivity index (χ4n) is 4.17. The molecule has 0 aromatic heterocycles. The highest BCUT2D eigenvalue weighted by molar-refractivity contribution is 5.97. The van der Waals surface area contributed by atoms with Crippen LogP contribution < -0.4 is 0 Å². The lowest BCUT2D eigenvalue weighted by molar-refractivity contribution is -0.335. The van der Waals surface area contributed by atoms with Gasteiger partial charge < -0.3 is 0 Å². The average Bonchev–Trinajstić information content (AvgIpc) is 2.60. The molecule has 0 saturated heterocycles. The molecule has 0 fully saturated rings. The van der Waals surface area contributed by atoms with Gasteiger partial charge in [0, 0.05) is 0 Å². The Hall–Kier alpha value is -1.90. The first-order valence-electron chi connectivity index (χ1n) is 8.14. The standard InChI is InChI=1S/C20H18O2/c1-3-7-15-13(5-1)9-11-17-19(15)20-16-8-4-2-6-14(16)10-12-18(20)22-21-17/h1-8,17-18H,9-12H2/t17-,18+. The summed E-state index contributed by atoms with van der Waals surface area (Å²) in [6.07, 6.45) is 4.29. The van der Waals surface area contributed by atoms with Crippen LogP contribution in [0, 0.1) is 0 Å². The highest BCUT2D eigenvalue weighted by Gasteiger charge is 2.38. The number of rotatable bonds is 0. The molecule has 0 amide bonds. The van der Waals surface area contributed by atoms with Gasteiger partial charge in [-0.3, -0.25) is 0 Å². The Bertz CT molecular complexity index is 709. The minimum absolute atomic E-state index is 0.0762. The summed E-state index contributed by atoms with van der Waals surface area (Å²) in [6.45, 7) is 0. The Morgan fingerprint density at radius 2 is 1.09 bits per heavy atom. The molecule has 0 radical (unpaired) electrons. The van der Waals surface area contributed by atoms with E-state index < -0.39 is 0 Å². The predicted octanol–water partition coefficient (Wildman–Crippen LogP) is 4.19. The minimum Gasteiger partial charge on any atom is -0.228 e. The summed E-state index contributed by atoms with van der Waals surface area (Å²) < 4.78 is 0. The van der Waals surface area contributed by atoms with Crippen molar-refractivity contribution in [3.8, 4) is 0 Å². The van der Waals surface area contributed by atoms with E-state index in [2.05, 4.69) is 48.5 Å². The molecular formula is C20H18O2. The normalized spacial score (nSPS) is 25.8. The summed E-state index contributed by atoms with van der Waals surface area (Å²) in [5.74, 6) is 0. The topological polar surface area (TPSA) is 18.5 Å². The van der Waals surface area contributed by atoms with E-state index in [0.29, 0.717) is 0 Å². The van der Waals surface area contributed by atoms with E-state index in [9.17, 15) is 0 Å². The highest BCUT2D eigenvalue weighted by Crippen LogP contribution is 2.46. The molecule has 3 aliphatic rings.